The van der Waals surface area contributed by atoms with Gasteiger partial charge in [0.2, 0.25) is 5.91 Å². The summed E-state index contributed by atoms with van der Waals surface area (Å²) < 4.78 is 0. The maximum Gasteiger partial charge on any atom is 0.222 e. The summed E-state index contributed by atoms with van der Waals surface area (Å²) in [7, 11) is 0. The normalized spacial score (nSPS) is 18.9. The predicted molar refractivity (Wildman–Crippen MR) is 79.4 cm³/mol. The Balaban J connectivity index is 1.84. The Morgan fingerprint density at radius 3 is 2.84 bits per heavy atom. The third kappa shape index (κ3) is 3.92. The van der Waals surface area contributed by atoms with Gasteiger partial charge in [-0.15, -0.1) is 0 Å². The number of thiocarbonyl (C=S) groups is 1. The summed E-state index contributed by atoms with van der Waals surface area (Å²) in [5.41, 5.74) is 6.55. The van der Waals surface area contributed by atoms with Crippen LogP contribution >= 0.6 is 12.2 Å². The molecule has 4 nitrogen and oxygen atoms in total. The van der Waals surface area contributed by atoms with E-state index >= 15 is 0 Å². The van der Waals surface area contributed by atoms with Crippen LogP contribution in [0.5, 0.6) is 0 Å². The van der Waals surface area contributed by atoms with Gasteiger partial charge in [0.1, 0.15) is 0 Å². The number of amides is 1. The van der Waals surface area contributed by atoms with Crippen molar-refractivity contribution in [1.82, 2.24) is 10.2 Å². The molecule has 1 fully saturated rings. The highest BCUT2D eigenvalue weighted by Crippen LogP contribution is 2.16. The van der Waals surface area contributed by atoms with Gasteiger partial charge in [-0.1, -0.05) is 30.3 Å². The number of likely N-dealkylation sites (tertiary alicyclic amines) is 1. The molecule has 3 N–H and O–H groups in total. The van der Waals surface area contributed by atoms with Crippen molar-refractivity contribution in [2.75, 3.05) is 13.1 Å². The second-order valence-electron chi connectivity index (χ2n) is 4.83. The molecule has 1 amide bonds. The van der Waals surface area contributed by atoms with E-state index in [-0.39, 0.29) is 11.8 Å². The molecular formula is C14H19N3OS. The zero-order chi connectivity index (χ0) is 13.7. The van der Waals surface area contributed by atoms with Crippen molar-refractivity contribution in [3.63, 3.8) is 0 Å². The van der Waals surface area contributed by atoms with Crippen molar-refractivity contribution in [3.8, 4) is 0 Å². The van der Waals surface area contributed by atoms with E-state index in [9.17, 15) is 4.79 Å². The molecule has 1 aliphatic heterocycles. The van der Waals surface area contributed by atoms with Crippen molar-refractivity contribution < 1.29 is 4.79 Å². The second-order valence-corrected chi connectivity index (χ2v) is 5.22. The van der Waals surface area contributed by atoms with E-state index in [0.717, 1.165) is 19.4 Å². The van der Waals surface area contributed by atoms with E-state index in [4.69, 9.17) is 18.0 Å². The molecule has 1 aromatic rings. The monoisotopic (exact) mass is 277 g/mol. The Morgan fingerprint density at radius 1 is 1.42 bits per heavy atom. The van der Waals surface area contributed by atoms with Gasteiger partial charge in [0.25, 0.3) is 0 Å². The molecule has 5 heteroatoms. The van der Waals surface area contributed by atoms with Crippen LogP contribution in [-0.4, -0.2) is 29.0 Å². The fraction of sp³-hybridized carbons (Fsp3) is 0.429. The van der Waals surface area contributed by atoms with E-state index in [0.29, 0.717) is 18.2 Å². The number of nitrogens with zero attached hydrogens (tertiary/aromatic N) is 1. The van der Waals surface area contributed by atoms with Gasteiger partial charge in [0.05, 0.1) is 5.92 Å². The number of carbonyl (C=O) groups is 1. The van der Waals surface area contributed by atoms with Crippen molar-refractivity contribution in [3.05, 3.63) is 35.9 Å². The molecule has 0 aliphatic carbocycles. The highest BCUT2D eigenvalue weighted by molar-refractivity contribution is 7.80. The van der Waals surface area contributed by atoms with Crippen molar-refractivity contribution >= 4 is 23.2 Å². The second kappa shape index (κ2) is 6.52. The van der Waals surface area contributed by atoms with E-state index in [1.807, 2.05) is 23.1 Å². The fourth-order valence-electron chi connectivity index (χ4n) is 2.28. The molecule has 0 aromatic heterocycles. The standard InChI is InChI=1S/C14H19N3OS/c15-13(18)12-7-4-8-17(10-12)14(19)16-9-11-5-2-1-3-6-11/h1-3,5-6,12H,4,7-10H2,(H2,15,18)(H,16,19)/t12-/m1/s1. The Bertz CT molecular complexity index is 449. The lowest BCUT2D eigenvalue weighted by molar-refractivity contribution is -0.122. The fourth-order valence-corrected chi connectivity index (χ4v) is 2.52. The van der Waals surface area contributed by atoms with Crippen LogP contribution in [0, 0.1) is 5.92 Å². The van der Waals surface area contributed by atoms with Crippen LogP contribution in [0.15, 0.2) is 30.3 Å². The first kappa shape index (κ1) is 13.8. The van der Waals surface area contributed by atoms with Gasteiger partial charge in [-0.2, -0.15) is 0 Å². The summed E-state index contributed by atoms with van der Waals surface area (Å²) in [6, 6.07) is 10.1. The zero-order valence-electron chi connectivity index (χ0n) is 10.8. The number of piperidine rings is 1. The minimum atomic E-state index is -0.226. The maximum absolute atomic E-state index is 11.2. The smallest absolute Gasteiger partial charge is 0.222 e. The van der Waals surface area contributed by atoms with Gasteiger partial charge in [-0.05, 0) is 30.6 Å². The molecule has 0 spiro atoms. The van der Waals surface area contributed by atoms with E-state index in [2.05, 4.69) is 17.4 Å². The van der Waals surface area contributed by atoms with Gasteiger partial charge in [0.15, 0.2) is 5.11 Å². The van der Waals surface area contributed by atoms with E-state index < -0.39 is 0 Å². The van der Waals surface area contributed by atoms with Gasteiger partial charge in [0, 0.05) is 19.6 Å². The first-order valence-corrected chi connectivity index (χ1v) is 6.93. The van der Waals surface area contributed by atoms with Crippen LogP contribution in [0.25, 0.3) is 0 Å². The van der Waals surface area contributed by atoms with Crippen LogP contribution in [0.4, 0.5) is 0 Å². The van der Waals surface area contributed by atoms with Crippen molar-refractivity contribution in [2.45, 2.75) is 19.4 Å². The molecule has 0 bridgehead atoms. The summed E-state index contributed by atoms with van der Waals surface area (Å²) in [6.07, 6.45) is 1.83. The number of rotatable bonds is 3. The lowest BCUT2D eigenvalue weighted by atomic mass is 9.98. The summed E-state index contributed by atoms with van der Waals surface area (Å²) >= 11 is 5.38. The lowest BCUT2D eigenvalue weighted by Gasteiger charge is -2.33. The van der Waals surface area contributed by atoms with Gasteiger partial charge in [-0.3, -0.25) is 4.79 Å². The number of carbonyl (C=O) groups excluding carboxylic acids is 1. The summed E-state index contributed by atoms with van der Waals surface area (Å²) in [6.45, 7) is 2.23. The molecule has 1 aliphatic rings. The average Bonchev–Trinajstić information content (AvgIpc) is 2.46. The largest absolute Gasteiger partial charge is 0.369 e. The third-order valence-electron chi connectivity index (χ3n) is 3.40. The molecule has 0 unspecified atom stereocenters. The van der Waals surface area contributed by atoms with Gasteiger partial charge < -0.3 is 16.0 Å². The molecule has 1 saturated heterocycles. The van der Waals surface area contributed by atoms with Crippen LogP contribution in [0.3, 0.4) is 0 Å². The van der Waals surface area contributed by atoms with Crippen LogP contribution in [0.1, 0.15) is 18.4 Å². The van der Waals surface area contributed by atoms with Crippen LogP contribution < -0.4 is 11.1 Å². The summed E-state index contributed by atoms with van der Waals surface area (Å²) in [5.74, 6) is -0.305. The van der Waals surface area contributed by atoms with Crippen LogP contribution in [-0.2, 0) is 11.3 Å². The molecule has 0 saturated carbocycles. The lowest BCUT2D eigenvalue weighted by Crippen LogP contribution is -2.47. The maximum atomic E-state index is 11.2. The zero-order valence-corrected chi connectivity index (χ0v) is 11.7. The van der Waals surface area contributed by atoms with E-state index in [1.165, 1.54) is 5.56 Å². The molecule has 1 atom stereocenters. The number of benzene rings is 1. The number of hydrogen-bond donors (Lipinski definition) is 2. The highest BCUT2D eigenvalue weighted by Gasteiger charge is 2.25. The summed E-state index contributed by atoms with van der Waals surface area (Å²) in [4.78, 5) is 13.3. The average molecular weight is 277 g/mol. The van der Waals surface area contributed by atoms with Gasteiger partial charge in [-0.25, -0.2) is 0 Å². The molecule has 1 heterocycles. The molecule has 2 rings (SSSR count). The molecule has 102 valence electrons. The van der Waals surface area contributed by atoms with Crippen molar-refractivity contribution in [2.24, 2.45) is 11.7 Å². The molecule has 1 aromatic carbocycles. The Labute approximate surface area is 119 Å². The summed E-state index contributed by atoms with van der Waals surface area (Å²) in [5, 5.41) is 3.94. The minimum Gasteiger partial charge on any atom is -0.369 e. The minimum absolute atomic E-state index is 0.0785. The predicted octanol–water partition coefficient (Wildman–Crippen LogP) is 1.26. The number of nitrogens with two attached hydrogens (primary N) is 1. The number of hydrogen-bond acceptors (Lipinski definition) is 2. The molecule has 19 heavy (non-hydrogen) atoms. The first-order valence-electron chi connectivity index (χ1n) is 6.53. The van der Waals surface area contributed by atoms with Gasteiger partial charge >= 0.3 is 0 Å². The SMILES string of the molecule is NC(=O)[C@@H]1CCCN(C(=S)NCc2ccccc2)C1. The topological polar surface area (TPSA) is 58.4 Å². The molecule has 0 radical (unpaired) electrons. The highest BCUT2D eigenvalue weighted by atomic mass is 32.1. The van der Waals surface area contributed by atoms with E-state index in [1.54, 1.807) is 0 Å². The Kier molecular flexibility index (Phi) is 4.74. The van der Waals surface area contributed by atoms with Crippen molar-refractivity contribution in [1.29, 1.82) is 0 Å². The first-order chi connectivity index (χ1) is 9.16. The quantitative estimate of drug-likeness (QED) is 0.817. The third-order valence-corrected chi connectivity index (χ3v) is 3.80. The number of primary amides is 1. The Hall–Kier alpha value is -1.62. The van der Waals surface area contributed by atoms with Crippen LogP contribution in [0.2, 0.25) is 0 Å². The molecular weight excluding hydrogens is 258 g/mol. The Morgan fingerprint density at radius 2 is 2.16 bits per heavy atom. The number of nitrogens with one attached hydrogen (secondary N) is 1.